The average Bonchev–Trinajstić information content (AvgIpc) is 2.62. The standard InChI is InChI=1S/C20H24Cl2N2O3S/c1-12-9-13(2)19(24-7-5-4-6-8-24)14(3)18(12)23-28(26,27)17-11-15(21)10-16(22)20(17)25/h9-11,23,25H,4-8H2,1-3H3. The number of sulfonamides is 1. The molecule has 1 saturated heterocycles. The number of hydrogen-bond donors (Lipinski definition) is 2. The van der Waals surface area contributed by atoms with Crippen molar-refractivity contribution in [1.29, 1.82) is 0 Å². The number of phenolic OH excluding ortho intramolecular Hbond substituents is 1. The smallest absolute Gasteiger partial charge is 0.265 e. The van der Waals surface area contributed by atoms with Crippen LogP contribution in [-0.4, -0.2) is 26.6 Å². The second-order valence-corrected chi connectivity index (χ2v) is 9.74. The molecule has 2 N–H and O–H groups in total. The summed E-state index contributed by atoms with van der Waals surface area (Å²) in [5.74, 6) is -0.516. The highest BCUT2D eigenvalue weighted by molar-refractivity contribution is 7.92. The molecule has 1 fully saturated rings. The van der Waals surface area contributed by atoms with Gasteiger partial charge in [0.25, 0.3) is 10.0 Å². The minimum Gasteiger partial charge on any atom is -0.505 e. The fraction of sp³-hybridized carbons (Fsp3) is 0.400. The van der Waals surface area contributed by atoms with E-state index in [0.717, 1.165) is 48.3 Å². The van der Waals surface area contributed by atoms with Crippen LogP contribution in [0.4, 0.5) is 11.4 Å². The van der Waals surface area contributed by atoms with Crippen LogP contribution in [0.2, 0.25) is 10.0 Å². The van der Waals surface area contributed by atoms with E-state index in [1.807, 2.05) is 26.8 Å². The summed E-state index contributed by atoms with van der Waals surface area (Å²) in [4.78, 5) is 1.97. The summed E-state index contributed by atoms with van der Waals surface area (Å²) in [6, 6.07) is 4.48. The number of piperidine rings is 1. The van der Waals surface area contributed by atoms with Crippen LogP contribution in [0, 0.1) is 20.8 Å². The SMILES string of the molecule is Cc1cc(C)c(N2CCCCC2)c(C)c1NS(=O)(=O)c1cc(Cl)cc(Cl)c1O. The molecule has 1 heterocycles. The number of rotatable bonds is 4. The van der Waals surface area contributed by atoms with E-state index in [-0.39, 0.29) is 14.9 Å². The predicted octanol–water partition coefficient (Wildman–Crippen LogP) is 5.42. The summed E-state index contributed by atoms with van der Waals surface area (Å²) in [6.45, 7) is 7.75. The fourth-order valence-corrected chi connectivity index (χ4v) is 5.83. The van der Waals surface area contributed by atoms with Gasteiger partial charge in [-0.3, -0.25) is 4.72 Å². The summed E-state index contributed by atoms with van der Waals surface area (Å²) >= 11 is 11.9. The van der Waals surface area contributed by atoms with Crippen molar-refractivity contribution >= 4 is 44.6 Å². The minimum atomic E-state index is -4.08. The maximum atomic E-state index is 13.0. The zero-order chi connectivity index (χ0) is 20.6. The van der Waals surface area contributed by atoms with Gasteiger partial charge in [0.05, 0.1) is 10.7 Å². The van der Waals surface area contributed by atoms with Crippen molar-refractivity contribution in [2.75, 3.05) is 22.7 Å². The molecule has 3 rings (SSSR count). The molecule has 0 spiro atoms. The van der Waals surface area contributed by atoms with Gasteiger partial charge in [-0.2, -0.15) is 0 Å². The van der Waals surface area contributed by atoms with Crippen molar-refractivity contribution in [1.82, 2.24) is 0 Å². The normalized spacial score (nSPS) is 15.0. The lowest BCUT2D eigenvalue weighted by molar-refractivity contribution is 0.459. The highest BCUT2D eigenvalue weighted by Gasteiger charge is 2.25. The molecule has 28 heavy (non-hydrogen) atoms. The van der Waals surface area contributed by atoms with Gasteiger partial charge >= 0.3 is 0 Å². The summed E-state index contributed by atoms with van der Waals surface area (Å²) in [5, 5.41) is 10.2. The first kappa shape index (κ1) is 21.1. The molecule has 0 aliphatic carbocycles. The summed E-state index contributed by atoms with van der Waals surface area (Å²) in [5.41, 5.74) is 4.38. The third kappa shape index (κ3) is 4.04. The molecular formula is C20H24Cl2N2O3S. The van der Waals surface area contributed by atoms with E-state index in [1.165, 1.54) is 18.6 Å². The van der Waals surface area contributed by atoms with Crippen molar-refractivity contribution in [2.24, 2.45) is 0 Å². The van der Waals surface area contributed by atoms with Gasteiger partial charge in [-0.15, -0.1) is 0 Å². The van der Waals surface area contributed by atoms with Crippen LogP contribution in [0.5, 0.6) is 5.75 Å². The van der Waals surface area contributed by atoms with Crippen molar-refractivity contribution < 1.29 is 13.5 Å². The van der Waals surface area contributed by atoms with E-state index in [9.17, 15) is 13.5 Å². The molecule has 0 radical (unpaired) electrons. The molecule has 0 bridgehead atoms. The van der Waals surface area contributed by atoms with Crippen molar-refractivity contribution in [2.45, 2.75) is 44.9 Å². The van der Waals surface area contributed by atoms with Gasteiger partial charge in [0.15, 0.2) is 5.75 Å². The molecule has 2 aromatic rings. The van der Waals surface area contributed by atoms with Crippen molar-refractivity contribution in [3.8, 4) is 5.75 Å². The van der Waals surface area contributed by atoms with Crippen LogP contribution in [0.3, 0.4) is 0 Å². The lowest BCUT2D eigenvalue weighted by Crippen LogP contribution is -2.31. The van der Waals surface area contributed by atoms with E-state index in [2.05, 4.69) is 9.62 Å². The lowest BCUT2D eigenvalue weighted by atomic mass is 9.99. The van der Waals surface area contributed by atoms with Gasteiger partial charge in [0.2, 0.25) is 0 Å². The van der Waals surface area contributed by atoms with E-state index in [1.54, 1.807) is 0 Å². The highest BCUT2D eigenvalue weighted by atomic mass is 35.5. The van der Waals surface area contributed by atoms with Crippen LogP contribution in [0.1, 0.15) is 36.0 Å². The number of phenols is 1. The predicted molar refractivity (Wildman–Crippen MR) is 116 cm³/mol. The molecule has 2 aromatic carbocycles. The Morgan fingerprint density at radius 3 is 2.29 bits per heavy atom. The van der Waals surface area contributed by atoms with Crippen LogP contribution in [0.25, 0.3) is 0 Å². The molecule has 5 nitrogen and oxygen atoms in total. The first-order chi connectivity index (χ1) is 13.1. The van der Waals surface area contributed by atoms with Gasteiger partial charge in [0, 0.05) is 23.8 Å². The zero-order valence-electron chi connectivity index (χ0n) is 16.1. The van der Waals surface area contributed by atoms with Gasteiger partial charge < -0.3 is 10.0 Å². The highest BCUT2D eigenvalue weighted by Crippen LogP contribution is 2.38. The Hall–Kier alpha value is -1.63. The van der Waals surface area contributed by atoms with Gasteiger partial charge in [-0.1, -0.05) is 29.3 Å². The van der Waals surface area contributed by atoms with Gasteiger partial charge in [-0.05, 0) is 68.9 Å². The maximum absolute atomic E-state index is 13.0. The Kier molecular flexibility index (Phi) is 6.03. The molecule has 1 aliphatic heterocycles. The average molecular weight is 443 g/mol. The first-order valence-electron chi connectivity index (χ1n) is 9.18. The topological polar surface area (TPSA) is 69.6 Å². The molecule has 0 saturated carbocycles. The number of anilines is 2. The quantitative estimate of drug-likeness (QED) is 0.663. The molecule has 8 heteroatoms. The Morgan fingerprint density at radius 2 is 1.64 bits per heavy atom. The van der Waals surface area contributed by atoms with E-state index in [4.69, 9.17) is 23.2 Å². The van der Waals surface area contributed by atoms with Crippen LogP contribution < -0.4 is 9.62 Å². The number of aryl methyl sites for hydroxylation is 2. The zero-order valence-corrected chi connectivity index (χ0v) is 18.5. The Labute approximate surface area is 176 Å². The monoisotopic (exact) mass is 442 g/mol. The van der Waals surface area contributed by atoms with E-state index in [0.29, 0.717) is 5.69 Å². The largest absolute Gasteiger partial charge is 0.505 e. The Morgan fingerprint density at radius 1 is 1.00 bits per heavy atom. The molecule has 0 unspecified atom stereocenters. The summed E-state index contributed by atoms with van der Waals surface area (Å²) in [7, 11) is -4.08. The first-order valence-corrected chi connectivity index (χ1v) is 11.4. The molecule has 0 amide bonds. The molecule has 152 valence electrons. The number of hydrogen-bond acceptors (Lipinski definition) is 4. The third-order valence-electron chi connectivity index (χ3n) is 5.12. The van der Waals surface area contributed by atoms with E-state index < -0.39 is 15.8 Å². The van der Waals surface area contributed by atoms with Crippen molar-refractivity contribution in [3.05, 3.63) is 44.9 Å². The van der Waals surface area contributed by atoms with Crippen LogP contribution in [0.15, 0.2) is 23.1 Å². The summed E-state index contributed by atoms with van der Waals surface area (Å²) in [6.07, 6.45) is 3.47. The molecule has 0 atom stereocenters. The second kappa shape index (κ2) is 8.01. The third-order valence-corrected chi connectivity index (χ3v) is 6.99. The van der Waals surface area contributed by atoms with Crippen molar-refractivity contribution in [3.63, 3.8) is 0 Å². The fourth-order valence-electron chi connectivity index (χ4n) is 3.87. The van der Waals surface area contributed by atoms with E-state index >= 15 is 0 Å². The number of benzene rings is 2. The number of halogens is 2. The molecule has 0 aromatic heterocycles. The minimum absolute atomic E-state index is 0.112. The van der Waals surface area contributed by atoms with Gasteiger partial charge in [-0.25, -0.2) is 8.42 Å². The van der Waals surface area contributed by atoms with Crippen LogP contribution >= 0.6 is 23.2 Å². The number of aromatic hydroxyl groups is 1. The molecule has 1 aliphatic rings. The molecular weight excluding hydrogens is 419 g/mol. The Bertz CT molecular complexity index is 1020. The van der Waals surface area contributed by atoms with Gasteiger partial charge in [0.1, 0.15) is 4.90 Å². The Balaban J connectivity index is 2.07. The summed E-state index contributed by atoms with van der Waals surface area (Å²) < 4.78 is 28.6. The number of nitrogens with one attached hydrogen (secondary N) is 1. The maximum Gasteiger partial charge on any atom is 0.265 e. The van der Waals surface area contributed by atoms with Crippen LogP contribution in [-0.2, 0) is 10.0 Å². The lowest BCUT2D eigenvalue weighted by Gasteiger charge is -2.33. The number of nitrogens with zero attached hydrogens (tertiary/aromatic N) is 1. The second-order valence-electron chi connectivity index (χ2n) is 7.25.